The van der Waals surface area contributed by atoms with Gasteiger partial charge < -0.3 is 15.0 Å². The lowest BCUT2D eigenvalue weighted by atomic mass is 10.1. The van der Waals surface area contributed by atoms with Gasteiger partial charge in [-0.15, -0.1) is 0 Å². The van der Waals surface area contributed by atoms with E-state index in [4.69, 9.17) is 4.74 Å². The van der Waals surface area contributed by atoms with Crippen molar-refractivity contribution >= 4 is 32.8 Å². The quantitative estimate of drug-likeness (QED) is 0.898. The zero-order chi connectivity index (χ0) is 16.4. The van der Waals surface area contributed by atoms with Crippen LogP contribution in [0.1, 0.15) is 33.6 Å². The molecule has 1 unspecified atom stereocenters. The molecule has 1 saturated heterocycles. The fraction of sp³-hybridized carbons (Fsp3) is 0.529. The Hall–Kier alpha value is -1.82. The molecule has 3 rings (SSSR count). The van der Waals surface area contributed by atoms with Crippen LogP contribution in [0, 0.1) is 0 Å². The summed E-state index contributed by atoms with van der Waals surface area (Å²) in [7, 11) is 0. The molecule has 0 bridgehead atoms. The van der Waals surface area contributed by atoms with E-state index < -0.39 is 5.60 Å². The summed E-state index contributed by atoms with van der Waals surface area (Å²) in [4.78, 5) is 18.6. The minimum absolute atomic E-state index is 0.219. The number of carbonyl (C=O) groups excluding carboxylic acids is 1. The van der Waals surface area contributed by atoms with Crippen LogP contribution in [-0.4, -0.2) is 40.7 Å². The zero-order valence-corrected chi connectivity index (χ0v) is 14.7. The smallest absolute Gasteiger partial charge is 0.410 e. The highest BCUT2D eigenvalue weighted by Gasteiger charge is 2.27. The van der Waals surface area contributed by atoms with Crippen molar-refractivity contribution < 1.29 is 9.53 Å². The predicted octanol–water partition coefficient (Wildman–Crippen LogP) is 4.11. The van der Waals surface area contributed by atoms with Crippen molar-refractivity contribution in [3.05, 3.63) is 24.3 Å². The third kappa shape index (κ3) is 4.13. The molecule has 1 aliphatic heterocycles. The number of piperidine rings is 1. The Balaban J connectivity index is 1.63. The Kier molecular flexibility index (Phi) is 4.43. The van der Waals surface area contributed by atoms with Crippen molar-refractivity contribution in [2.24, 2.45) is 0 Å². The summed E-state index contributed by atoms with van der Waals surface area (Å²) in [5.41, 5.74) is 0.560. The van der Waals surface area contributed by atoms with E-state index in [1.807, 2.05) is 39.0 Å². The maximum atomic E-state index is 12.2. The number of anilines is 1. The highest BCUT2D eigenvalue weighted by molar-refractivity contribution is 7.22. The average molecular weight is 333 g/mol. The number of carbonyl (C=O) groups is 1. The largest absolute Gasteiger partial charge is 0.444 e. The van der Waals surface area contributed by atoms with Gasteiger partial charge in [-0.25, -0.2) is 9.78 Å². The van der Waals surface area contributed by atoms with Crippen molar-refractivity contribution in [3.63, 3.8) is 0 Å². The van der Waals surface area contributed by atoms with Crippen LogP contribution in [0.15, 0.2) is 24.3 Å². The van der Waals surface area contributed by atoms with Crippen LogP contribution in [0.3, 0.4) is 0 Å². The number of aromatic nitrogens is 1. The number of hydrogen-bond acceptors (Lipinski definition) is 5. The lowest BCUT2D eigenvalue weighted by Crippen LogP contribution is -2.46. The Morgan fingerprint density at radius 3 is 2.91 bits per heavy atom. The van der Waals surface area contributed by atoms with Gasteiger partial charge in [0.05, 0.1) is 10.2 Å². The number of fused-ring (bicyclic) bond motifs is 1. The number of para-hydroxylation sites is 1. The molecular formula is C17H23N3O2S. The first-order valence-electron chi connectivity index (χ1n) is 8.01. The van der Waals surface area contributed by atoms with Crippen molar-refractivity contribution in [2.75, 3.05) is 18.4 Å². The third-order valence-electron chi connectivity index (χ3n) is 3.69. The Morgan fingerprint density at radius 2 is 2.17 bits per heavy atom. The minimum atomic E-state index is -0.454. The van der Waals surface area contributed by atoms with Gasteiger partial charge in [-0.2, -0.15) is 0 Å². The number of benzene rings is 1. The van der Waals surface area contributed by atoms with E-state index in [0.717, 1.165) is 30.0 Å². The molecule has 1 fully saturated rings. The fourth-order valence-corrected chi connectivity index (χ4v) is 3.64. The number of hydrogen-bond donors (Lipinski definition) is 1. The predicted molar refractivity (Wildman–Crippen MR) is 94.1 cm³/mol. The minimum Gasteiger partial charge on any atom is -0.444 e. The van der Waals surface area contributed by atoms with E-state index in [1.54, 1.807) is 16.2 Å². The lowest BCUT2D eigenvalue weighted by molar-refractivity contribution is 0.0206. The molecule has 1 amide bonds. The molecule has 5 nitrogen and oxygen atoms in total. The molecule has 124 valence electrons. The van der Waals surface area contributed by atoms with Gasteiger partial charge in [0.1, 0.15) is 5.60 Å². The molecule has 2 heterocycles. The Bertz CT molecular complexity index is 659. The molecule has 0 saturated carbocycles. The summed E-state index contributed by atoms with van der Waals surface area (Å²) in [5.74, 6) is 0. The summed E-state index contributed by atoms with van der Waals surface area (Å²) in [6, 6.07) is 8.33. The monoisotopic (exact) mass is 333 g/mol. The van der Waals surface area contributed by atoms with E-state index in [-0.39, 0.29) is 12.1 Å². The van der Waals surface area contributed by atoms with Crippen LogP contribution in [0.5, 0.6) is 0 Å². The standard InChI is InChI=1S/C17H23N3O2S/c1-17(2,3)22-16(21)20-10-6-7-12(11-20)18-15-19-13-8-4-5-9-14(13)23-15/h4-5,8-9,12H,6-7,10-11H2,1-3H3,(H,18,19). The van der Waals surface area contributed by atoms with Crippen LogP contribution in [-0.2, 0) is 4.74 Å². The summed E-state index contributed by atoms with van der Waals surface area (Å²) >= 11 is 1.65. The number of ether oxygens (including phenoxy) is 1. The molecule has 1 aromatic heterocycles. The third-order valence-corrected chi connectivity index (χ3v) is 4.66. The number of likely N-dealkylation sites (tertiary alicyclic amines) is 1. The van der Waals surface area contributed by atoms with Gasteiger partial charge in [-0.05, 0) is 45.7 Å². The van der Waals surface area contributed by atoms with Gasteiger partial charge in [-0.1, -0.05) is 23.5 Å². The topological polar surface area (TPSA) is 54.5 Å². The first kappa shape index (κ1) is 16.1. The first-order valence-corrected chi connectivity index (χ1v) is 8.82. The molecule has 1 N–H and O–H groups in total. The van der Waals surface area contributed by atoms with Gasteiger partial charge >= 0.3 is 6.09 Å². The molecule has 0 spiro atoms. The summed E-state index contributed by atoms with van der Waals surface area (Å²) in [6.45, 7) is 7.10. The molecule has 0 radical (unpaired) electrons. The molecule has 1 aromatic carbocycles. The van der Waals surface area contributed by atoms with Gasteiger partial charge in [-0.3, -0.25) is 0 Å². The number of amides is 1. The second-order valence-electron chi connectivity index (χ2n) is 6.90. The lowest BCUT2D eigenvalue weighted by Gasteiger charge is -2.34. The summed E-state index contributed by atoms with van der Waals surface area (Å²) < 4.78 is 6.65. The zero-order valence-electron chi connectivity index (χ0n) is 13.8. The Morgan fingerprint density at radius 1 is 1.39 bits per heavy atom. The molecular weight excluding hydrogens is 310 g/mol. The van der Waals surface area contributed by atoms with E-state index >= 15 is 0 Å². The fourth-order valence-electron chi connectivity index (χ4n) is 2.70. The van der Waals surface area contributed by atoms with Crippen LogP contribution >= 0.6 is 11.3 Å². The van der Waals surface area contributed by atoms with Gasteiger partial charge in [0.15, 0.2) is 5.13 Å². The van der Waals surface area contributed by atoms with Crippen LogP contribution < -0.4 is 5.32 Å². The number of nitrogens with one attached hydrogen (secondary N) is 1. The summed E-state index contributed by atoms with van der Waals surface area (Å²) in [6.07, 6.45) is 1.78. The molecule has 23 heavy (non-hydrogen) atoms. The first-order chi connectivity index (χ1) is 10.9. The number of rotatable bonds is 2. The summed E-state index contributed by atoms with van der Waals surface area (Å²) in [5, 5.41) is 4.39. The highest BCUT2D eigenvalue weighted by atomic mass is 32.1. The molecule has 2 aromatic rings. The highest BCUT2D eigenvalue weighted by Crippen LogP contribution is 2.27. The maximum absolute atomic E-state index is 12.2. The van der Waals surface area contributed by atoms with E-state index in [2.05, 4.69) is 16.4 Å². The molecule has 1 aliphatic rings. The average Bonchev–Trinajstić information content (AvgIpc) is 2.88. The van der Waals surface area contributed by atoms with Gasteiger partial charge in [0.25, 0.3) is 0 Å². The van der Waals surface area contributed by atoms with Gasteiger partial charge in [0, 0.05) is 19.1 Å². The van der Waals surface area contributed by atoms with Crippen molar-refractivity contribution in [1.82, 2.24) is 9.88 Å². The van der Waals surface area contributed by atoms with Crippen molar-refractivity contribution in [2.45, 2.75) is 45.3 Å². The molecule has 0 aliphatic carbocycles. The second-order valence-corrected chi connectivity index (χ2v) is 7.93. The normalized spacial score (nSPS) is 18.9. The van der Waals surface area contributed by atoms with Crippen molar-refractivity contribution in [3.8, 4) is 0 Å². The van der Waals surface area contributed by atoms with Crippen molar-refractivity contribution in [1.29, 1.82) is 0 Å². The number of thiazole rings is 1. The van der Waals surface area contributed by atoms with Gasteiger partial charge in [0.2, 0.25) is 0 Å². The number of nitrogens with zero attached hydrogens (tertiary/aromatic N) is 2. The second kappa shape index (κ2) is 6.35. The van der Waals surface area contributed by atoms with Crippen LogP contribution in [0.2, 0.25) is 0 Å². The van der Waals surface area contributed by atoms with E-state index in [9.17, 15) is 4.79 Å². The molecule has 6 heteroatoms. The van der Waals surface area contributed by atoms with E-state index in [0.29, 0.717) is 6.54 Å². The van der Waals surface area contributed by atoms with Crippen LogP contribution in [0.4, 0.5) is 9.93 Å². The van der Waals surface area contributed by atoms with Crippen LogP contribution in [0.25, 0.3) is 10.2 Å². The molecule has 1 atom stereocenters. The van der Waals surface area contributed by atoms with E-state index in [1.165, 1.54) is 4.70 Å². The maximum Gasteiger partial charge on any atom is 0.410 e. The SMILES string of the molecule is CC(C)(C)OC(=O)N1CCCC(Nc2nc3ccccc3s2)C1. The Labute approximate surface area is 140 Å².